The van der Waals surface area contributed by atoms with Gasteiger partial charge in [0.2, 0.25) is 0 Å². The van der Waals surface area contributed by atoms with Crippen LogP contribution in [0, 0.1) is 0 Å². The van der Waals surface area contributed by atoms with Crippen LogP contribution in [-0.4, -0.2) is 40.6 Å². The molecule has 0 radical (unpaired) electrons. The molecule has 2 aliphatic heterocycles. The van der Waals surface area contributed by atoms with E-state index in [1.807, 2.05) is 0 Å². The maximum Gasteiger partial charge on any atom is 0.134 e. The number of ether oxygens (including phenoxy) is 1. The third kappa shape index (κ3) is 2.50. The molecule has 1 aromatic rings. The molecule has 0 aromatic carbocycles. The van der Waals surface area contributed by atoms with Gasteiger partial charge in [-0.25, -0.2) is 0 Å². The molecular weight excluding hydrogens is 216 g/mol. The molecule has 1 aromatic heterocycles. The van der Waals surface area contributed by atoms with Gasteiger partial charge in [0.15, 0.2) is 0 Å². The van der Waals surface area contributed by atoms with Crippen molar-refractivity contribution < 1.29 is 4.74 Å². The van der Waals surface area contributed by atoms with Gasteiger partial charge in [-0.15, -0.1) is 10.2 Å². The van der Waals surface area contributed by atoms with Crippen LogP contribution in [0.25, 0.3) is 0 Å². The second kappa shape index (κ2) is 5.14. The van der Waals surface area contributed by atoms with E-state index in [2.05, 4.69) is 20.1 Å². The summed E-state index contributed by atoms with van der Waals surface area (Å²) in [6, 6.07) is 0.403. The van der Waals surface area contributed by atoms with Crippen molar-refractivity contribution in [2.24, 2.45) is 0 Å². The Bertz CT molecular complexity index is 371. The van der Waals surface area contributed by atoms with Crippen LogP contribution in [0.5, 0.6) is 0 Å². The molecule has 17 heavy (non-hydrogen) atoms. The Morgan fingerprint density at radius 2 is 2.29 bits per heavy atom. The van der Waals surface area contributed by atoms with Crippen molar-refractivity contribution in [1.29, 1.82) is 0 Å². The summed E-state index contributed by atoms with van der Waals surface area (Å²) in [6.45, 7) is 3.66. The Morgan fingerprint density at radius 1 is 1.29 bits per heavy atom. The topological polar surface area (TPSA) is 52.0 Å². The lowest BCUT2D eigenvalue weighted by molar-refractivity contribution is 0.0761. The molecular formula is C12H20N4O. The predicted molar refractivity (Wildman–Crippen MR) is 63.9 cm³/mol. The molecule has 5 heteroatoms. The van der Waals surface area contributed by atoms with Gasteiger partial charge in [-0.3, -0.25) is 0 Å². The number of hydrogen-bond donors (Lipinski definition) is 1. The van der Waals surface area contributed by atoms with Crippen LogP contribution < -0.4 is 5.32 Å². The molecule has 3 rings (SSSR count). The third-order valence-corrected chi connectivity index (χ3v) is 3.61. The second-order valence-electron chi connectivity index (χ2n) is 4.92. The molecule has 0 spiro atoms. The number of aryl methyl sites for hydroxylation is 1. The zero-order valence-corrected chi connectivity index (χ0v) is 10.2. The number of nitrogens with zero attached hydrogens (tertiary/aromatic N) is 3. The van der Waals surface area contributed by atoms with Crippen molar-refractivity contribution in [1.82, 2.24) is 20.1 Å². The van der Waals surface area contributed by atoms with E-state index in [1.54, 1.807) is 0 Å². The van der Waals surface area contributed by atoms with E-state index in [-0.39, 0.29) is 0 Å². The van der Waals surface area contributed by atoms with E-state index in [0.29, 0.717) is 6.04 Å². The summed E-state index contributed by atoms with van der Waals surface area (Å²) in [7, 11) is 0. The fourth-order valence-corrected chi connectivity index (χ4v) is 2.67. The summed E-state index contributed by atoms with van der Waals surface area (Å²) >= 11 is 0. The van der Waals surface area contributed by atoms with E-state index >= 15 is 0 Å². The summed E-state index contributed by atoms with van der Waals surface area (Å²) in [5, 5.41) is 12.2. The van der Waals surface area contributed by atoms with Gasteiger partial charge in [-0.05, 0) is 12.8 Å². The highest BCUT2D eigenvalue weighted by atomic mass is 16.5. The summed E-state index contributed by atoms with van der Waals surface area (Å²) in [5.74, 6) is 2.30. The molecule has 2 aliphatic rings. The van der Waals surface area contributed by atoms with Crippen LogP contribution in [0.4, 0.5) is 0 Å². The minimum absolute atomic E-state index is 0.403. The first kappa shape index (κ1) is 11.2. The summed E-state index contributed by atoms with van der Waals surface area (Å²) in [5.41, 5.74) is 0. The highest BCUT2D eigenvalue weighted by Crippen LogP contribution is 2.15. The Morgan fingerprint density at radius 3 is 3.18 bits per heavy atom. The number of hydrogen-bond acceptors (Lipinski definition) is 4. The molecule has 1 atom stereocenters. The predicted octanol–water partition coefficient (Wildman–Crippen LogP) is 0.535. The molecule has 0 amide bonds. The minimum Gasteiger partial charge on any atom is -0.379 e. The SMILES string of the molecule is C1CCc2nnc(CC3COCCN3)n2CC1. The fraction of sp³-hybridized carbons (Fsp3) is 0.833. The highest BCUT2D eigenvalue weighted by Gasteiger charge is 2.19. The summed E-state index contributed by atoms with van der Waals surface area (Å²) in [4.78, 5) is 0. The zero-order valence-electron chi connectivity index (χ0n) is 10.2. The molecule has 1 N–H and O–H groups in total. The molecule has 3 heterocycles. The number of rotatable bonds is 2. The zero-order chi connectivity index (χ0) is 11.5. The van der Waals surface area contributed by atoms with Crippen LogP contribution in [0.1, 0.15) is 30.9 Å². The minimum atomic E-state index is 0.403. The monoisotopic (exact) mass is 236 g/mol. The Balaban J connectivity index is 1.71. The first-order valence-electron chi connectivity index (χ1n) is 6.65. The van der Waals surface area contributed by atoms with Gasteiger partial charge in [0.05, 0.1) is 13.2 Å². The van der Waals surface area contributed by atoms with Crippen molar-refractivity contribution in [3.8, 4) is 0 Å². The van der Waals surface area contributed by atoms with Gasteiger partial charge in [-0.2, -0.15) is 0 Å². The van der Waals surface area contributed by atoms with E-state index < -0.39 is 0 Å². The van der Waals surface area contributed by atoms with Crippen molar-refractivity contribution in [3.05, 3.63) is 11.6 Å². The summed E-state index contributed by atoms with van der Waals surface area (Å²) in [6.07, 6.45) is 5.84. The molecule has 0 aliphatic carbocycles. The molecule has 0 saturated carbocycles. The number of aromatic nitrogens is 3. The van der Waals surface area contributed by atoms with Crippen LogP contribution in [0.2, 0.25) is 0 Å². The van der Waals surface area contributed by atoms with Crippen molar-refractivity contribution in [2.45, 2.75) is 44.7 Å². The molecule has 94 valence electrons. The largest absolute Gasteiger partial charge is 0.379 e. The lowest BCUT2D eigenvalue weighted by Crippen LogP contribution is -2.43. The van der Waals surface area contributed by atoms with Gasteiger partial charge in [-0.1, -0.05) is 6.42 Å². The highest BCUT2D eigenvalue weighted by molar-refractivity contribution is 5.00. The number of fused-ring (bicyclic) bond motifs is 1. The van der Waals surface area contributed by atoms with Crippen molar-refractivity contribution in [2.75, 3.05) is 19.8 Å². The average Bonchev–Trinajstić information content (AvgIpc) is 2.61. The van der Waals surface area contributed by atoms with Crippen LogP contribution in [0.3, 0.4) is 0 Å². The summed E-state index contributed by atoms with van der Waals surface area (Å²) < 4.78 is 7.80. The van der Waals surface area contributed by atoms with Gasteiger partial charge < -0.3 is 14.6 Å². The first-order valence-corrected chi connectivity index (χ1v) is 6.65. The molecule has 1 saturated heterocycles. The Labute approximate surface area is 102 Å². The van der Waals surface area contributed by atoms with E-state index in [1.165, 1.54) is 25.1 Å². The molecule has 5 nitrogen and oxygen atoms in total. The smallest absolute Gasteiger partial charge is 0.134 e. The lowest BCUT2D eigenvalue weighted by Gasteiger charge is -2.23. The van der Waals surface area contributed by atoms with Crippen molar-refractivity contribution >= 4 is 0 Å². The quantitative estimate of drug-likeness (QED) is 0.814. The maximum atomic E-state index is 5.48. The number of nitrogens with one attached hydrogen (secondary N) is 1. The van der Waals surface area contributed by atoms with Crippen LogP contribution in [-0.2, 0) is 24.1 Å². The van der Waals surface area contributed by atoms with E-state index in [4.69, 9.17) is 4.74 Å². The van der Waals surface area contributed by atoms with Crippen LogP contribution >= 0.6 is 0 Å². The van der Waals surface area contributed by atoms with E-state index in [9.17, 15) is 0 Å². The first-order chi connectivity index (χ1) is 8.43. The van der Waals surface area contributed by atoms with Gasteiger partial charge in [0.1, 0.15) is 11.6 Å². The standard InChI is InChI=1S/C12H20N4O/c1-2-4-11-14-15-12(16(11)6-3-1)8-10-9-17-7-5-13-10/h10,13H,1-9H2. The van der Waals surface area contributed by atoms with Gasteiger partial charge in [0, 0.05) is 32.0 Å². The molecule has 1 unspecified atom stereocenters. The molecule has 0 bridgehead atoms. The Kier molecular flexibility index (Phi) is 3.38. The fourth-order valence-electron chi connectivity index (χ4n) is 2.67. The maximum absolute atomic E-state index is 5.48. The van der Waals surface area contributed by atoms with Gasteiger partial charge >= 0.3 is 0 Å². The second-order valence-corrected chi connectivity index (χ2v) is 4.92. The normalized spacial score (nSPS) is 25.3. The van der Waals surface area contributed by atoms with Crippen molar-refractivity contribution in [3.63, 3.8) is 0 Å². The number of morpholine rings is 1. The Hall–Kier alpha value is -0.940. The average molecular weight is 236 g/mol. The lowest BCUT2D eigenvalue weighted by atomic mass is 10.2. The van der Waals surface area contributed by atoms with Gasteiger partial charge in [0.25, 0.3) is 0 Å². The van der Waals surface area contributed by atoms with E-state index in [0.717, 1.165) is 45.0 Å². The third-order valence-electron chi connectivity index (χ3n) is 3.61. The van der Waals surface area contributed by atoms with Crippen LogP contribution in [0.15, 0.2) is 0 Å². The molecule has 1 fully saturated rings.